The van der Waals surface area contributed by atoms with E-state index in [2.05, 4.69) is 0 Å². The van der Waals surface area contributed by atoms with Gasteiger partial charge in [0, 0.05) is 5.56 Å². The zero-order chi connectivity index (χ0) is 9.14. The molecule has 0 unspecified atom stereocenters. The average molecular weight is 186 g/mol. The van der Waals surface area contributed by atoms with Gasteiger partial charge in [-0.15, -0.1) is 11.3 Å². The summed E-state index contributed by atoms with van der Waals surface area (Å²) in [4.78, 5) is 10.9. The van der Waals surface area contributed by atoms with Gasteiger partial charge in [-0.25, -0.2) is 4.79 Å². The van der Waals surface area contributed by atoms with E-state index in [1.807, 2.05) is 13.8 Å². The number of ether oxygens (including phenoxy) is 1. The minimum absolute atomic E-state index is 0.286. The number of hydrogen-bond acceptors (Lipinski definition) is 3. The fraction of sp³-hybridized carbons (Fsp3) is 0.375. The largest absolute Gasteiger partial charge is 0.492 e. The molecule has 0 amide bonds. The van der Waals surface area contributed by atoms with E-state index in [1.165, 1.54) is 11.3 Å². The topological polar surface area (TPSA) is 46.5 Å². The quantitative estimate of drug-likeness (QED) is 0.786. The molecule has 1 heterocycles. The van der Waals surface area contributed by atoms with Crippen molar-refractivity contribution in [1.29, 1.82) is 0 Å². The highest BCUT2D eigenvalue weighted by Gasteiger charge is 2.15. The Morgan fingerprint density at radius 3 is 2.92 bits per heavy atom. The molecule has 1 aromatic heterocycles. The second-order valence-electron chi connectivity index (χ2n) is 2.32. The van der Waals surface area contributed by atoms with Crippen molar-refractivity contribution in [3.63, 3.8) is 0 Å². The Morgan fingerprint density at radius 2 is 2.42 bits per heavy atom. The maximum absolute atomic E-state index is 10.6. The maximum Gasteiger partial charge on any atom is 0.349 e. The monoisotopic (exact) mass is 186 g/mol. The summed E-state index contributed by atoms with van der Waals surface area (Å²) in [7, 11) is 0. The summed E-state index contributed by atoms with van der Waals surface area (Å²) < 4.78 is 5.20. The summed E-state index contributed by atoms with van der Waals surface area (Å²) in [6.45, 7) is 4.18. The van der Waals surface area contributed by atoms with Crippen LogP contribution in [0.3, 0.4) is 0 Å². The van der Waals surface area contributed by atoms with Crippen molar-refractivity contribution in [3.8, 4) is 5.75 Å². The number of aryl methyl sites for hydroxylation is 1. The van der Waals surface area contributed by atoms with Gasteiger partial charge >= 0.3 is 5.97 Å². The fourth-order valence-electron chi connectivity index (χ4n) is 0.905. The van der Waals surface area contributed by atoms with Crippen molar-refractivity contribution in [1.82, 2.24) is 0 Å². The molecule has 66 valence electrons. The third-order valence-corrected chi connectivity index (χ3v) is 2.47. The van der Waals surface area contributed by atoms with Gasteiger partial charge in [-0.2, -0.15) is 0 Å². The summed E-state index contributed by atoms with van der Waals surface area (Å²) in [6.07, 6.45) is 0. The van der Waals surface area contributed by atoms with Gasteiger partial charge in [0.05, 0.1) is 6.61 Å². The van der Waals surface area contributed by atoms with Crippen LogP contribution in [0.2, 0.25) is 0 Å². The highest BCUT2D eigenvalue weighted by Crippen LogP contribution is 2.29. The number of carboxylic acids is 1. The first-order chi connectivity index (χ1) is 5.66. The van der Waals surface area contributed by atoms with Crippen molar-refractivity contribution in [2.45, 2.75) is 13.8 Å². The molecular weight excluding hydrogens is 176 g/mol. The van der Waals surface area contributed by atoms with Crippen LogP contribution in [0.5, 0.6) is 5.75 Å². The van der Waals surface area contributed by atoms with Crippen LogP contribution in [0.4, 0.5) is 0 Å². The van der Waals surface area contributed by atoms with Crippen LogP contribution in [-0.4, -0.2) is 17.7 Å². The number of rotatable bonds is 3. The molecule has 0 atom stereocenters. The lowest BCUT2D eigenvalue weighted by molar-refractivity contribution is 0.0698. The Bertz CT molecular complexity index is 290. The van der Waals surface area contributed by atoms with E-state index in [4.69, 9.17) is 9.84 Å². The van der Waals surface area contributed by atoms with Crippen molar-refractivity contribution in [2.24, 2.45) is 0 Å². The summed E-state index contributed by atoms with van der Waals surface area (Å²) >= 11 is 1.20. The predicted molar refractivity (Wildman–Crippen MR) is 47.2 cm³/mol. The zero-order valence-corrected chi connectivity index (χ0v) is 7.77. The van der Waals surface area contributed by atoms with Crippen LogP contribution in [0.15, 0.2) is 5.38 Å². The molecule has 1 aromatic rings. The Kier molecular flexibility index (Phi) is 2.70. The highest BCUT2D eigenvalue weighted by molar-refractivity contribution is 7.12. The molecule has 0 aliphatic carbocycles. The molecule has 0 radical (unpaired) electrons. The lowest BCUT2D eigenvalue weighted by Crippen LogP contribution is -1.99. The smallest absolute Gasteiger partial charge is 0.349 e. The van der Waals surface area contributed by atoms with Crippen LogP contribution in [0, 0.1) is 6.92 Å². The number of carboxylic acid groups (broad SMARTS) is 1. The van der Waals surface area contributed by atoms with E-state index < -0.39 is 5.97 Å². The van der Waals surface area contributed by atoms with E-state index in [0.29, 0.717) is 12.4 Å². The standard InChI is InChI=1S/C8H10O3S/c1-3-11-6-5(2)4-12-7(6)8(9)10/h4H,3H2,1-2H3,(H,9,10). The summed E-state index contributed by atoms with van der Waals surface area (Å²) in [5, 5.41) is 10.5. The lowest BCUT2D eigenvalue weighted by Gasteiger charge is -2.02. The third-order valence-electron chi connectivity index (χ3n) is 1.40. The molecule has 0 aromatic carbocycles. The minimum atomic E-state index is -0.920. The summed E-state index contributed by atoms with van der Waals surface area (Å²) in [5.74, 6) is -0.411. The first-order valence-electron chi connectivity index (χ1n) is 3.61. The highest BCUT2D eigenvalue weighted by atomic mass is 32.1. The molecule has 1 N–H and O–H groups in total. The predicted octanol–water partition coefficient (Wildman–Crippen LogP) is 2.15. The molecule has 0 bridgehead atoms. The van der Waals surface area contributed by atoms with Crippen molar-refractivity contribution < 1.29 is 14.6 Å². The normalized spacial score (nSPS) is 9.83. The van der Waals surface area contributed by atoms with E-state index >= 15 is 0 Å². The Labute approximate surface area is 74.6 Å². The second-order valence-corrected chi connectivity index (χ2v) is 3.19. The van der Waals surface area contributed by atoms with Crippen molar-refractivity contribution >= 4 is 17.3 Å². The molecular formula is C8H10O3S. The zero-order valence-electron chi connectivity index (χ0n) is 6.96. The lowest BCUT2D eigenvalue weighted by atomic mass is 10.3. The van der Waals surface area contributed by atoms with Crippen LogP contribution < -0.4 is 4.74 Å². The number of hydrogen-bond donors (Lipinski definition) is 1. The summed E-state index contributed by atoms with van der Waals surface area (Å²) in [6, 6.07) is 0. The second kappa shape index (κ2) is 3.58. The van der Waals surface area contributed by atoms with Gasteiger partial charge in [0.1, 0.15) is 5.75 Å². The SMILES string of the molecule is CCOc1c(C)csc1C(=O)O. The Morgan fingerprint density at radius 1 is 1.75 bits per heavy atom. The molecule has 4 heteroatoms. The van der Waals surface area contributed by atoms with Gasteiger partial charge in [0.15, 0.2) is 4.88 Å². The van der Waals surface area contributed by atoms with Gasteiger partial charge in [-0.1, -0.05) is 0 Å². The van der Waals surface area contributed by atoms with Gasteiger partial charge in [0.25, 0.3) is 0 Å². The first kappa shape index (κ1) is 9.06. The summed E-state index contributed by atoms with van der Waals surface area (Å²) in [5.41, 5.74) is 0.888. The van der Waals surface area contributed by atoms with Gasteiger partial charge in [-0.05, 0) is 19.2 Å². The average Bonchev–Trinajstić information content (AvgIpc) is 2.34. The van der Waals surface area contributed by atoms with Crippen molar-refractivity contribution in [3.05, 3.63) is 15.8 Å². The van der Waals surface area contributed by atoms with Crippen molar-refractivity contribution in [2.75, 3.05) is 6.61 Å². The number of thiophene rings is 1. The van der Waals surface area contributed by atoms with Gasteiger partial charge in [-0.3, -0.25) is 0 Å². The molecule has 0 fully saturated rings. The first-order valence-corrected chi connectivity index (χ1v) is 4.49. The molecule has 12 heavy (non-hydrogen) atoms. The van der Waals surface area contributed by atoms with Crippen LogP contribution in [0.25, 0.3) is 0 Å². The van der Waals surface area contributed by atoms with E-state index in [-0.39, 0.29) is 4.88 Å². The third kappa shape index (κ3) is 1.58. The fourth-order valence-corrected chi connectivity index (χ4v) is 1.73. The molecule has 1 rings (SSSR count). The molecule has 3 nitrogen and oxygen atoms in total. The van der Waals surface area contributed by atoms with Crippen LogP contribution in [0.1, 0.15) is 22.2 Å². The molecule has 0 saturated carbocycles. The number of aromatic carboxylic acids is 1. The Hall–Kier alpha value is -1.03. The van der Waals surface area contributed by atoms with Crippen LogP contribution in [-0.2, 0) is 0 Å². The molecule has 0 saturated heterocycles. The Balaban J connectivity index is 3.03. The molecule has 0 spiro atoms. The maximum atomic E-state index is 10.6. The molecule has 0 aliphatic rings. The van der Waals surface area contributed by atoms with E-state index in [0.717, 1.165) is 5.56 Å². The van der Waals surface area contributed by atoms with Gasteiger partial charge in [0.2, 0.25) is 0 Å². The molecule has 0 aliphatic heterocycles. The van der Waals surface area contributed by atoms with Crippen LogP contribution >= 0.6 is 11.3 Å². The van der Waals surface area contributed by atoms with Gasteiger partial charge < -0.3 is 9.84 Å². The number of carbonyl (C=O) groups is 1. The van der Waals surface area contributed by atoms with E-state index in [1.54, 1.807) is 5.38 Å². The van der Waals surface area contributed by atoms with E-state index in [9.17, 15) is 4.79 Å². The minimum Gasteiger partial charge on any atom is -0.492 e.